The number of nitro benzene ring substituents is 1. The number of ether oxygens (including phenoxy) is 1. The molecule has 0 saturated heterocycles. The molecule has 0 spiro atoms. The van der Waals surface area contributed by atoms with Crippen molar-refractivity contribution in [2.75, 3.05) is 0 Å². The van der Waals surface area contributed by atoms with Crippen molar-refractivity contribution in [1.82, 2.24) is 4.98 Å². The predicted molar refractivity (Wildman–Crippen MR) is 68.3 cm³/mol. The molecule has 0 bridgehead atoms. The summed E-state index contributed by atoms with van der Waals surface area (Å²) < 4.78 is 5.40. The van der Waals surface area contributed by atoms with Gasteiger partial charge in [-0.3, -0.25) is 10.1 Å². The molecular weight excluding hydrogens is 272 g/mol. The van der Waals surface area contributed by atoms with E-state index in [0.29, 0.717) is 5.56 Å². The molecule has 1 aromatic carbocycles. The SMILES string of the molecule is O=[N+]([O-])c1ccc(Oc2ccc(CO)cn2)c(Cl)c1. The van der Waals surface area contributed by atoms with Crippen molar-refractivity contribution in [3.63, 3.8) is 0 Å². The highest BCUT2D eigenvalue weighted by molar-refractivity contribution is 6.32. The Kier molecular flexibility index (Phi) is 3.94. The van der Waals surface area contributed by atoms with Crippen LogP contribution in [-0.2, 0) is 6.61 Å². The van der Waals surface area contributed by atoms with E-state index in [1.807, 2.05) is 0 Å². The number of hydrogen-bond acceptors (Lipinski definition) is 5. The number of aromatic nitrogens is 1. The van der Waals surface area contributed by atoms with E-state index in [2.05, 4.69) is 4.98 Å². The molecule has 0 amide bonds. The molecule has 2 aromatic rings. The molecule has 0 unspecified atom stereocenters. The van der Waals surface area contributed by atoms with Crippen LogP contribution in [0.15, 0.2) is 36.5 Å². The van der Waals surface area contributed by atoms with Crippen molar-refractivity contribution < 1.29 is 14.8 Å². The van der Waals surface area contributed by atoms with E-state index in [9.17, 15) is 10.1 Å². The summed E-state index contributed by atoms with van der Waals surface area (Å²) in [7, 11) is 0. The Bertz CT molecular complexity index is 601. The molecule has 6 nitrogen and oxygen atoms in total. The van der Waals surface area contributed by atoms with E-state index < -0.39 is 4.92 Å². The molecule has 0 aliphatic rings. The van der Waals surface area contributed by atoms with Crippen LogP contribution in [0, 0.1) is 10.1 Å². The lowest BCUT2D eigenvalue weighted by Crippen LogP contribution is -1.92. The number of rotatable bonds is 4. The van der Waals surface area contributed by atoms with Crippen LogP contribution in [0.5, 0.6) is 11.6 Å². The zero-order valence-electron chi connectivity index (χ0n) is 9.62. The molecule has 98 valence electrons. The number of benzene rings is 1. The lowest BCUT2D eigenvalue weighted by Gasteiger charge is -2.06. The van der Waals surface area contributed by atoms with Crippen molar-refractivity contribution in [3.8, 4) is 11.6 Å². The lowest BCUT2D eigenvalue weighted by molar-refractivity contribution is -0.384. The van der Waals surface area contributed by atoms with Gasteiger partial charge < -0.3 is 9.84 Å². The number of aliphatic hydroxyl groups is 1. The van der Waals surface area contributed by atoms with Crippen LogP contribution >= 0.6 is 11.6 Å². The fourth-order valence-corrected chi connectivity index (χ4v) is 1.58. The number of non-ortho nitro benzene ring substituents is 1. The highest BCUT2D eigenvalue weighted by Crippen LogP contribution is 2.31. The molecule has 2 rings (SSSR count). The second kappa shape index (κ2) is 5.64. The summed E-state index contributed by atoms with van der Waals surface area (Å²) >= 11 is 5.88. The number of halogens is 1. The summed E-state index contributed by atoms with van der Waals surface area (Å²) in [4.78, 5) is 14.0. The van der Waals surface area contributed by atoms with Crippen molar-refractivity contribution >= 4 is 17.3 Å². The monoisotopic (exact) mass is 280 g/mol. The number of pyridine rings is 1. The van der Waals surface area contributed by atoms with E-state index in [4.69, 9.17) is 21.4 Å². The molecule has 1 N–H and O–H groups in total. The topological polar surface area (TPSA) is 85.5 Å². The molecule has 19 heavy (non-hydrogen) atoms. The van der Waals surface area contributed by atoms with Crippen LogP contribution < -0.4 is 4.74 Å². The van der Waals surface area contributed by atoms with E-state index in [-0.39, 0.29) is 28.9 Å². The summed E-state index contributed by atoms with van der Waals surface area (Å²) in [5, 5.41) is 19.6. The van der Waals surface area contributed by atoms with Gasteiger partial charge in [0.25, 0.3) is 5.69 Å². The van der Waals surface area contributed by atoms with Gasteiger partial charge >= 0.3 is 0 Å². The maximum atomic E-state index is 10.6. The Morgan fingerprint density at radius 3 is 2.68 bits per heavy atom. The van der Waals surface area contributed by atoms with Crippen LogP contribution in [0.25, 0.3) is 0 Å². The van der Waals surface area contributed by atoms with Crippen molar-refractivity contribution in [2.45, 2.75) is 6.61 Å². The molecule has 1 aromatic heterocycles. The fraction of sp³-hybridized carbons (Fsp3) is 0.0833. The fourth-order valence-electron chi connectivity index (χ4n) is 1.36. The molecule has 0 aliphatic heterocycles. The maximum absolute atomic E-state index is 10.6. The number of hydrogen-bond donors (Lipinski definition) is 1. The number of nitrogens with zero attached hydrogens (tertiary/aromatic N) is 2. The zero-order chi connectivity index (χ0) is 13.8. The first kappa shape index (κ1) is 13.3. The van der Waals surface area contributed by atoms with Crippen molar-refractivity contribution in [1.29, 1.82) is 0 Å². The molecule has 1 heterocycles. The predicted octanol–water partition coefficient (Wildman–Crippen LogP) is 2.93. The summed E-state index contributed by atoms with van der Waals surface area (Å²) in [6, 6.07) is 7.13. The van der Waals surface area contributed by atoms with Crippen LogP contribution in [0.2, 0.25) is 5.02 Å². The first-order valence-electron chi connectivity index (χ1n) is 5.27. The number of aliphatic hydroxyl groups excluding tert-OH is 1. The third-order valence-electron chi connectivity index (χ3n) is 2.32. The van der Waals surface area contributed by atoms with Gasteiger partial charge in [0.1, 0.15) is 5.75 Å². The molecular formula is C12H9ClN2O4. The molecule has 0 atom stereocenters. The van der Waals surface area contributed by atoms with Gasteiger partial charge in [-0.1, -0.05) is 11.6 Å². The summed E-state index contributed by atoms with van der Waals surface area (Å²) in [6.45, 7) is -0.106. The third kappa shape index (κ3) is 3.18. The Morgan fingerprint density at radius 2 is 2.16 bits per heavy atom. The van der Waals surface area contributed by atoms with Gasteiger partial charge in [0, 0.05) is 24.4 Å². The summed E-state index contributed by atoms with van der Waals surface area (Å²) in [5.74, 6) is 0.560. The van der Waals surface area contributed by atoms with Gasteiger partial charge in [0.05, 0.1) is 16.6 Å². The zero-order valence-corrected chi connectivity index (χ0v) is 10.4. The molecule has 0 saturated carbocycles. The first-order chi connectivity index (χ1) is 9.10. The highest BCUT2D eigenvalue weighted by atomic mass is 35.5. The van der Waals surface area contributed by atoms with Gasteiger partial charge in [0.15, 0.2) is 0 Å². The minimum Gasteiger partial charge on any atom is -0.437 e. The minimum atomic E-state index is -0.538. The van der Waals surface area contributed by atoms with Gasteiger partial charge in [-0.2, -0.15) is 0 Å². The quantitative estimate of drug-likeness (QED) is 0.687. The summed E-state index contributed by atoms with van der Waals surface area (Å²) in [5.41, 5.74) is 0.545. The second-order valence-electron chi connectivity index (χ2n) is 3.64. The highest BCUT2D eigenvalue weighted by Gasteiger charge is 2.11. The Labute approximate surface area is 113 Å². The lowest BCUT2D eigenvalue weighted by atomic mass is 10.3. The van der Waals surface area contributed by atoms with Crippen LogP contribution in [0.4, 0.5) is 5.69 Å². The van der Waals surface area contributed by atoms with E-state index >= 15 is 0 Å². The van der Waals surface area contributed by atoms with Gasteiger partial charge in [-0.05, 0) is 17.7 Å². The average Bonchev–Trinajstić information content (AvgIpc) is 2.41. The summed E-state index contributed by atoms with van der Waals surface area (Å²) in [6.07, 6.45) is 1.47. The Balaban J connectivity index is 2.20. The van der Waals surface area contributed by atoms with Crippen molar-refractivity contribution in [3.05, 3.63) is 57.2 Å². The van der Waals surface area contributed by atoms with Gasteiger partial charge in [-0.25, -0.2) is 4.98 Å². The van der Waals surface area contributed by atoms with Crippen LogP contribution in [0.1, 0.15) is 5.56 Å². The maximum Gasteiger partial charge on any atom is 0.271 e. The van der Waals surface area contributed by atoms with Crippen LogP contribution in [0.3, 0.4) is 0 Å². The smallest absolute Gasteiger partial charge is 0.271 e. The Hall–Kier alpha value is -2.18. The first-order valence-corrected chi connectivity index (χ1v) is 5.65. The molecule has 0 aliphatic carbocycles. The largest absolute Gasteiger partial charge is 0.437 e. The second-order valence-corrected chi connectivity index (χ2v) is 4.04. The van der Waals surface area contributed by atoms with Crippen molar-refractivity contribution in [2.24, 2.45) is 0 Å². The van der Waals surface area contributed by atoms with Gasteiger partial charge in [-0.15, -0.1) is 0 Å². The third-order valence-corrected chi connectivity index (χ3v) is 2.62. The van der Waals surface area contributed by atoms with Crippen LogP contribution in [-0.4, -0.2) is 15.0 Å². The number of nitro groups is 1. The molecule has 0 fully saturated rings. The standard InChI is InChI=1S/C12H9ClN2O4/c13-10-5-9(15(17)18)2-3-11(10)19-12-4-1-8(7-16)6-14-12/h1-6,16H,7H2. The van der Waals surface area contributed by atoms with E-state index in [0.717, 1.165) is 0 Å². The molecule has 7 heteroatoms. The minimum absolute atomic E-state index is 0.106. The van der Waals surface area contributed by atoms with E-state index in [1.54, 1.807) is 12.1 Å². The Morgan fingerprint density at radius 1 is 1.37 bits per heavy atom. The van der Waals surface area contributed by atoms with E-state index in [1.165, 1.54) is 24.4 Å². The molecule has 0 radical (unpaired) electrons. The normalized spacial score (nSPS) is 10.2. The average molecular weight is 281 g/mol. The van der Waals surface area contributed by atoms with Gasteiger partial charge in [0.2, 0.25) is 5.88 Å².